The number of anilines is 10. The highest BCUT2D eigenvalue weighted by atomic mass is 32.2. The van der Waals surface area contributed by atoms with Crippen molar-refractivity contribution in [3.05, 3.63) is 211 Å². The molecule has 0 amide bonds. The van der Waals surface area contributed by atoms with Crippen LogP contribution in [0.1, 0.15) is 76.5 Å². The summed E-state index contributed by atoms with van der Waals surface area (Å²) in [7, 11) is -29.7. The van der Waals surface area contributed by atoms with Gasteiger partial charge in [0, 0.05) is 82.8 Å². The molecule has 0 spiro atoms. The Morgan fingerprint density at radius 3 is 1.02 bits per heavy atom. The van der Waals surface area contributed by atoms with Crippen LogP contribution in [0.25, 0.3) is 44.1 Å². The molecule has 50 heteroatoms. The molecule has 14 rings (SSSR count). The fraction of sp³-hybridized carbons (Fsp3) is 0.108. The van der Waals surface area contributed by atoms with E-state index in [0.717, 1.165) is 69.8 Å². The van der Waals surface area contributed by atoms with Crippen molar-refractivity contribution in [3.63, 3.8) is 0 Å². The maximum Gasteiger partial charge on any atom is 0.304 e. The smallest absolute Gasteiger partial charge is 0.304 e. The zero-order chi connectivity index (χ0) is 89.5. The Morgan fingerprint density at radius 1 is 0.363 bits per heavy atom. The summed E-state index contributed by atoms with van der Waals surface area (Å²) in [5, 5.41) is 34.5. The van der Waals surface area contributed by atoms with Gasteiger partial charge in [-0.1, -0.05) is 96.3 Å². The fourth-order valence-corrected chi connectivity index (χ4v) is 19.0. The summed E-state index contributed by atoms with van der Waals surface area (Å²) in [4.78, 5) is 131. The van der Waals surface area contributed by atoms with Gasteiger partial charge in [-0.2, -0.15) is 80.4 Å². The number of pyridine rings is 2. The number of carbonyl (C=O) groups excluding carboxylic acids is 4. The molecule has 124 heavy (non-hydrogen) atoms. The number of carbonyl (C=O) groups is 6. The van der Waals surface area contributed by atoms with Crippen LogP contribution in [0, 0.1) is 0 Å². The number of nitrogens with one attached hydrogen (secondary N) is 6. The third kappa shape index (κ3) is 17.4. The lowest BCUT2D eigenvalue weighted by atomic mass is 9.80. The van der Waals surface area contributed by atoms with E-state index in [2.05, 4.69) is 61.8 Å². The molecule has 12 aromatic rings. The minimum atomic E-state index is -5.61. The average Bonchev–Trinajstić information content (AvgIpc) is 0.708. The largest absolute Gasteiger partial charge is 0.481 e. The van der Waals surface area contributed by atoms with Crippen molar-refractivity contribution in [2.24, 2.45) is 14.1 Å². The molecule has 0 bridgehead atoms. The van der Waals surface area contributed by atoms with E-state index in [9.17, 15) is 126 Å². The maximum atomic E-state index is 15.0. The van der Waals surface area contributed by atoms with Crippen LogP contribution in [0.15, 0.2) is 195 Å². The SMILES string of the molecule is Cn1c(=O)c(C(=O)c2cccc(S(=O)(=O)O)c2)c2c3c(c(Nc4cc(Nc5nc(NCCNc6nc(Nc7cc(Nc8ccc9c%10c8C(=O)c8ccccc8-c%10c(C(=O)c8cccc(S(=O)(=O)O)c8)c(=O)n9C)c(S(=O)(=O)O)cc7S(=O)(=O)O)nc(SCCC(=O)O)n6)nc(SCCC(=O)O)n5)c(S(=O)(=O)O)cc4S(=O)(=O)O)ccc31)C(=O)c1ccccc1-2. The van der Waals surface area contributed by atoms with E-state index in [1.165, 1.54) is 86.9 Å². The molecule has 0 aliphatic heterocycles. The monoisotopic (exact) mass is 1840 g/mol. The number of hydrogen-bond donors (Lipinski definition) is 14. The van der Waals surface area contributed by atoms with E-state index in [1.54, 1.807) is 0 Å². The van der Waals surface area contributed by atoms with E-state index in [1.807, 2.05) is 0 Å². The highest BCUT2D eigenvalue weighted by Crippen LogP contribution is 2.48. The summed E-state index contributed by atoms with van der Waals surface area (Å²) in [6.07, 6.45) is -0.983. The number of thioether (sulfide) groups is 2. The highest BCUT2D eigenvalue weighted by Gasteiger charge is 2.39. The van der Waals surface area contributed by atoms with Crippen molar-refractivity contribution < 1.29 is 117 Å². The molecular weight excluding hydrogens is 1790 g/mol. The Balaban J connectivity index is 0.798. The van der Waals surface area contributed by atoms with Crippen LogP contribution in [0.3, 0.4) is 0 Å². The topological polar surface area (TPSA) is 663 Å². The summed E-state index contributed by atoms with van der Waals surface area (Å²) < 4.78 is 221. The van der Waals surface area contributed by atoms with E-state index in [-0.39, 0.29) is 113 Å². The number of rotatable bonds is 31. The highest BCUT2D eigenvalue weighted by molar-refractivity contribution is 7.99. The summed E-state index contributed by atoms with van der Waals surface area (Å²) in [6.45, 7) is -0.638. The third-order valence-corrected chi connectivity index (χ3v) is 26.0. The Bertz CT molecular complexity index is 7200. The van der Waals surface area contributed by atoms with Crippen molar-refractivity contribution in [3.8, 4) is 22.3 Å². The van der Waals surface area contributed by atoms with Crippen LogP contribution in [0.2, 0.25) is 0 Å². The second-order valence-corrected chi connectivity index (χ2v) is 37.4. The van der Waals surface area contributed by atoms with Crippen molar-refractivity contribution in [2.45, 2.75) is 52.5 Å². The standard InChI is InChI=1S/C74H56N14O28S8/c1-87-47-19-17-41(57-59(47)55(37-13-3-5-15-39(37)65(57)95)61(67(87)97)63(93)33-9-7-11-35(27-33)119(99,100)101)77-43-29-45(51(123(111,112)113)31-49(43)121(105,106)107)79-71-81-69(83-73(85-71)117-25-21-53(89)90)75-23-24-76-70-82-72(86-74(84-70)118-26-22-54(91)92)80-46-30-44(50(122(108,109)110)32-52(46)124(114,115)116)78-42-18-20-48-60-56(38-14-4-6-16-40(38)66(96)58(42)60)62(68(98)88(48)2)64(94)34-10-8-12-36(28-34)120(102,103)104/h3-20,27-32,77-78H,21-26H2,1-2H3,(H,89,90)(H,91,92)(H,99,100,101)(H,102,103,104)(H,105,106,107)(H,108,109,110)(H,111,112,113)(H,114,115,116)(H2,75,79,81,83,85)(H2,76,80,82,84,86). The number of carboxylic acids is 2. The van der Waals surface area contributed by atoms with Gasteiger partial charge in [0.05, 0.1) is 90.0 Å². The lowest BCUT2D eigenvalue weighted by molar-refractivity contribution is -0.137. The first-order valence-corrected chi connectivity index (χ1v) is 45.8. The minimum absolute atomic E-state index is 0.00141. The number of aliphatic carboxylic acids is 2. The van der Waals surface area contributed by atoms with Crippen molar-refractivity contribution >= 4 is 199 Å². The number of hydrogen-bond acceptors (Lipinski definition) is 34. The predicted octanol–water partition coefficient (Wildman–Crippen LogP) is 7.76. The average molecular weight is 1850 g/mol. The number of benzene rings is 8. The first-order valence-electron chi connectivity index (χ1n) is 35.2. The minimum Gasteiger partial charge on any atom is -0.481 e. The first kappa shape index (κ1) is 87.1. The van der Waals surface area contributed by atoms with Gasteiger partial charge >= 0.3 is 11.9 Å². The van der Waals surface area contributed by atoms with Gasteiger partial charge in [0.25, 0.3) is 71.8 Å². The first-order chi connectivity index (χ1) is 58.2. The lowest BCUT2D eigenvalue weighted by Crippen LogP contribution is -2.29. The van der Waals surface area contributed by atoms with Crippen LogP contribution >= 0.6 is 23.5 Å². The van der Waals surface area contributed by atoms with E-state index in [4.69, 9.17) is 0 Å². The number of fused-ring (bicyclic) bond motifs is 4. The van der Waals surface area contributed by atoms with Gasteiger partial charge in [0.15, 0.2) is 33.4 Å². The summed E-state index contributed by atoms with van der Waals surface area (Å²) >= 11 is 1.43. The lowest BCUT2D eigenvalue weighted by Gasteiger charge is -2.26. The van der Waals surface area contributed by atoms with Gasteiger partial charge < -0.3 is 51.2 Å². The molecule has 0 saturated carbocycles. The van der Waals surface area contributed by atoms with Gasteiger partial charge in [-0.25, -0.2) is 0 Å². The second-order valence-electron chi connectivity index (χ2n) is 26.9. The predicted molar refractivity (Wildman–Crippen MR) is 443 cm³/mol. The molecule has 0 atom stereocenters. The van der Waals surface area contributed by atoms with Gasteiger partial charge in [0.2, 0.25) is 23.8 Å². The van der Waals surface area contributed by atoms with Crippen LogP contribution in [-0.4, -0.2) is 187 Å². The quantitative estimate of drug-likeness (QED) is 0.00854. The maximum absolute atomic E-state index is 15.0. The zero-order valence-electron chi connectivity index (χ0n) is 62.7. The molecule has 42 nitrogen and oxygen atoms in total. The number of ketones is 4. The number of carboxylic acid groups (broad SMARTS) is 2. The molecule has 2 aliphatic rings. The van der Waals surface area contributed by atoms with E-state index >= 15 is 0 Å². The number of aromatic nitrogens is 8. The molecule has 0 unspecified atom stereocenters. The molecule has 638 valence electrons. The normalized spacial score (nSPS) is 12.6. The number of aryl methyl sites for hydroxylation is 2. The molecule has 14 N–H and O–H groups in total. The molecule has 0 saturated heterocycles. The fourth-order valence-electron chi connectivity index (χ4n) is 13.7. The summed E-state index contributed by atoms with van der Waals surface area (Å²) in [5.41, 5.74) is -8.81. The number of nitrogens with zero attached hydrogens (tertiary/aromatic N) is 8. The molecule has 2 aliphatic carbocycles. The third-order valence-electron chi connectivity index (χ3n) is 19.0. The van der Waals surface area contributed by atoms with Crippen molar-refractivity contribution in [1.29, 1.82) is 0 Å². The summed E-state index contributed by atoms with van der Waals surface area (Å²) in [6, 6.07) is 26.5. The second kappa shape index (κ2) is 32.9. The van der Waals surface area contributed by atoms with Crippen LogP contribution in [0.4, 0.5) is 57.9 Å². The van der Waals surface area contributed by atoms with E-state index in [0.29, 0.717) is 35.7 Å². The molecule has 4 aromatic heterocycles. The van der Waals surface area contributed by atoms with Crippen molar-refractivity contribution in [1.82, 2.24) is 39.0 Å². The zero-order valence-corrected chi connectivity index (χ0v) is 69.2. The van der Waals surface area contributed by atoms with E-state index < -0.39 is 218 Å². The molecule has 4 heterocycles. The molecule has 0 radical (unpaired) electrons. The summed E-state index contributed by atoms with van der Waals surface area (Å²) in [5.74, 6) is -8.85. The van der Waals surface area contributed by atoms with Gasteiger partial charge in [-0.3, -0.25) is 65.7 Å². The van der Waals surface area contributed by atoms with Gasteiger partial charge in [-0.05, 0) is 83.9 Å². The van der Waals surface area contributed by atoms with Crippen LogP contribution in [-0.2, 0) is 84.4 Å². The van der Waals surface area contributed by atoms with Gasteiger partial charge in [0.1, 0.15) is 19.6 Å². The van der Waals surface area contributed by atoms with Gasteiger partial charge in [-0.15, -0.1) is 0 Å². The molecule has 8 aromatic carbocycles. The Morgan fingerprint density at radius 2 is 0.694 bits per heavy atom. The Labute approximate surface area is 706 Å². The molecule has 0 fully saturated rings. The van der Waals surface area contributed by atoms with Crippen molar-refractivity contribution in [2.75, 3.05) is 56.5 Å². The van der Waals surface area contributed by atoms with Crippen LogP contribution < -0.4 is 43.0 Å². The van der Waals surface area contributed by atoms with Crippen LogP contribution in [0.5, 0.6) is 0 Å². The Hall–Kier alpha value is -13.2. The molecular formula is C74H56N14O28S8. The Kier molecular flexibility index (Phi) is 23.1.